The van der Waals surface area contributed by atoms with E-state index in [1.165, 1.54) is 11.6 Å². The van der Waals surface area contributed by atoms with Gasteiger partial charge in [0.1, 0.15) is 11.6 Å². The Hall–Kier alpha value is -1.78. The Kier molecular flexibility index (Phi) is 3.74. The van der Waals surface area contributed by atoms with Gasteiger partial charge >= 0.3 is 0 Å². The molecular weight excluding hydrogens is 272 g/mol. The molecule has 0 aromatic heterocycles. The van der Waals surface area contributed by atoms with Crippen LogP contribution in [0.5, 0.6) is 0 Å². The zero-order valence-corrected chi connectivity index (χ0v) is 11.6. The maximum Gasteiger partial charge on any atom is 0.127 e. The SMILES string of the molecule is OCC1(NCc2cc(F)ccc2F)CCc2ccccc21. The molecule has 2 aromatic carbocycles. The zero-order valence-electron chi connectivity index (χ0n) is 11.6. The van der Waals surface area contributed by atoms with Crippen molar-refractivity contribution in [3.05, 3.63) is 70.8 Å². The van der Waals surface area contributed by atoms with Crippen LogP contribution in [-0.2, 0) is 18.5 Å². The summed E-state index contributed by atoms with van der Waals surface area (Å²) in [6.07, 6.45) is 1.62. The number of aryl methyl sites for hydroxylation is 1. The van der Waals surface area contributed by atoms with E-state index in [-0.39, 0.29) is 18.7 Å². The molecular formula is C17H17F2NO. The van der Waals surface area contributed by atoms with Gasteiger partial charge in [-0.1, -0.05) is 24.3 Å². The van der Waals surface area contributed by atoms with Crippen LogP contribution >= 0.6 is 0 Å². The van der Waals surface area contributed by atoms with Gasteiger partial charge in [-0.25, -0.2) is 8.78 Å². The molecule has 1 aliphatic rings. The largest absolute Gasteiger partial charge is 0.394 e. The van der Waals surface area contributed by atoms with Crippen molar-refractivity contribution in [1.29, 1.82) is 0 Å². The molecule has 4 heteroatoms. The molecule has 0 aliphatic heterocycles. The third-order valence-corrected chi connectivity index (χ3v) is 4.25. The van der Waals surface area contributed by atoms with Crippen molar-refractivity contribution in [3.8, 4) is 0 Å². The predicted octanol–water partition coefficient (Wildman–Crippen LogP) is 2.89. The van der Waals surface area contributed by atoms with Gasteiger partial charge in [-0.15, -0.1) is 0 Å². The second-order valence-electron chi connectivity index (χ2n) is 5.49. The van der Waals surface area contributed by atoms with Gasteiger partial charge in [0.25, 0.3) is 0 Å². The number of aliphatic hydroxyl groups is 1. The highest BCUT2D eigenvalue weighted by Gasteiger charge is 2.37. The minimum absolute atomic E-state index is 0.0685. The first-order chi connectivity index (χ1) is 10.1. The van der Waals surface area contributed by atoms with Gasteiger partial charge < -0.3 is 10.4 Å². The van der Waals surface area contributed by atoms with Crippen LogP contribution in [0.3, 0.4) is 0 Å². The summed E-state index contributed by atoms with van der Waals surface area (Å²) in [6, 6.07) is 11.3. The van der Waals surface area contributed by atoms with Crippen molar-refractivity contribution in [2.45, 2.75) is 24.9 Å². The lowest BCUT2D eigenvalue weighted by atomic mass is 9.92. The van der Waals surface area contributed by atoms with Crippen molar-refractivity contribution < 1.29 is 13.9 Å². The average molecular weight is 289 g/mol. The van der Waals surface area contributed by atoms with Crippen LogP contribution < -0.4 is 5.32 Å². The molecule has 21 heavy (non-hydrogen) atoms. The molecule has 0 heterocycles. The normalized spacial score (nSPS) is 20.5. The van der Waals surface area contributed by atoms with E-state index in [0.717, 1.165) is 30.5 Å². The molecule has 0 fully saturated rings. The third kappa shape index (κ3) is 2.57. The number of aliphatic hydroxyl groups excluding tert-OH is 1. The van der Waals surface area contributed by atoms with Crippen molar-refractivity contribution in [2.75, 3.05) is 6.61 Å². The lowest BCUT2D eigenvalue weighted by Crippen LogP contribution is -2.43. The smallest absolute Gasteiger partial charge is 0.127 e. The fourth-order valence-corrected chi connectivity index (χ4v) is 3.03. The Morgan fingerprint density at radius 2 is 1.95 bits per heavy atom. The molecule has 2 aromatic rings. The number of hydrogen-bond acceptors (Lipinski definition) is 2. The number of benzene rings is 2. The summed E-state index contributed by atoms with van der Waals surface area (Å²) in [5.41, 5.74) is 1.94. The third-order valence-electron chi connectivity index (χ3n) is 4.25. The van der Waals surface area contributed by atoms with E-state index in [2.05, 4.69) is 5.32 Å². The maximum atomic E-state index is 13.7. The molecule has 0 saturated carbocycles. The standard InChI is InChI=1S/C17H17F2NO/c18-14-5-6-16(19)13(9-14)10-20-17(11-21)8-7-12-3-1-2-4-15(12)17/h1-6,9,20-21H,7-8,10-11H2. The van der Waals surface area contributed by atoms with Crippen LogP contribution in [0.4, 0.5) is 8.78 Å². The van der Waals surface area contributed by atoms with Gasteiger partial charge in [-0.05, 0) is 42.2 Å². The first-order valence-electron chi connectivity index (χ1n) is 7.03. The van der Waals surface area contributed by atoms with Gasteiger partial charge in [0.15, 0.2) is 0 Å². The zero-order chi connectivity index (χ0) is 14.9. The number of nitrogens with one attached hydrogen (secondary N) is 1. The fraction of sp³-hybridized carbons (Fsp3) is 0.294. The molecule has 1 unspecified atom stereocenters. The van der Waals surface area contributed by atoms with Crippen molar-refractivity contribution in [3.63, 3.8) is 0 Å². The van der Waals surface area contributed by atoms with Crippen LogP contribution in [0.25, 0.3) is 0 Å². The molecule has 0 spiro atoms. The second-order valence-corrected chi connectivity index (χ2v) is 5.49. The highest BCUT2D eigenvalue weighted by molar-refractivity contribution is 5.39. The minimum Gasteiger partial charge on any atom is -0.394 e. The summed E-state index contributed by atoms with van der Waals surface area (Å²) in [4.78, 5) is 0. The van der Waals surface area contributed by atoms with E-state index in [0.29, 0.717) is 0 Å². The van der Waals surface area contributed by atoms with E-state index < -0.39 is 17.2 Å². The summed E-state index contributed by atoms with van der Waals surface area (Å²) in [7, 11) is 0. The minimum atomic E-state index is -0.574. The van der Waals surface area contributed by atoms with Crippen LogP contribution in [0, 0.1) is 11.6 Å². The molecule has 3 rings (SSSR count). The molecule has 0 amide bonds. The lowest BCUT2D eigenvalue weighted by molar-refractivity contribution is 0.158. The Balaban J connectivity index is 1.85. The van der Waals surface area contributed by atoms with Gasteiger partial charge in [0, 0.05) is 12.1 Å². The molecule has 0 saturated heterocycles. The predicted molar refractivity (Wildman–Crippen MR) is 76.7 cm³/mol. The van der Waals surface area contributed by atoms with E-state index in [1.807, 2.05) is 24.3 Å². The van der Waals surface area contributed by atoms with E-state index in [4.69, 9.17) is 0 Å². The van der Waals surface area contributed by atoms with Crippen LogP contribution in [0.1, 0.15) is 23.1 Å². The highest BCUT2D eigenvalue weighted by Crippen LogP contribution is 2.36. The molecule has 2 nitrogen and oxygen atoms in total. The maximum absolute atomic E-state index is 13.7. The molecule has 0 radical (unpaired) electrons. The van der Waals surface area contributed by atoms with Gasteiger partial charge in [0.05, 0.1) is 12.1 Å². The van der Waals surface area contributed by atoms with E-state index in [9.17, 15) is 13.9 Å². The Labute approximate surface area is 122 Å². The van der Waals surface area contributed by atoms with Crippen LogP contribution in [0.15, 0.2) is 42.5 Å². The molecule has 0 bridgehead atoms. The summed E-state index contributed by atoms with van der Waals surface area (Å²) in [5.74, 6) is -0.902. The van der Waals surface area contributed by atoms with E-state index in [1.54, 1.807) is 0 Å². The summed E-state index contributed by atoms with van der Waals surface area (Å²) in [6.45, 7) is 0.111. The van der Waals surface area contributed by atoms with Gasteiger partial charge in [-0.3, -0.25) is 0 Å². The quantitative estimate of drug-likeness (QED) is 0.907. The van der Waals surface area contributed by atoms with Gasteiger partial charge in [-0.2, -0.15) is 0 Å². The highest BCUT2D eigenvalue weighted by atomic mass is 19.1. The number of hydrogen-bond donors (Lipinski definition) is 2. The van der Waals surface area contributed by atoms with Crippen molar-refractivity contribution in [2.24, 2.45) is 0 Å². The Morgan fingerprint density at radius 3 is 2.76 bits per heavy atom. The average Bonchev–Trinajstić information content (AvgIpc) is 2.88. The van der Waals surface area contributed by atoms with Gasteiger partial charge in [0.2, 0.25) is 0 Å². The molecule has 110 valence electrons. The van der Waals surface area contributed by atoms with E-state index >= 15 is 0 Å². The first kappa shape index (κ1) is 14.2. The topological polar surface area (TPSA) is 32.3 Å². The first-order valence-corrected chi connectivity index (χ1v) is 7.03. The molecule has 1 aliphatic carbocycles. The number of halogens is 2. The summed E-state index contributed by atoms with van der Waals surface area (Å²) < 4.78 is 26.9. The van der Waals surface area contributed by atoms with Crippen LogP contribution in [-0.4, -0.2) is 11.7 Å². The van der Waals surface area contributed by atoms with Crippen molar-refractivity contribution in [1.82, 2.24) is 5.32 Å². The molecule has 1 atom stereocenters. The summed E-state index contributed by atoms with van der Waals surface area (Å²) in [5, 5.41) is 13.1. The number of rotatable bonds is 4. The second kappa shape index (κ2) is 5.54. The van der Waals surface area contributed by atoms with Crippen molar-refractivity contribution >= 4 is 0 Å². The number of fused-ring (bicyclic) bond motifs is 1. The fourth-order valence-electron chi connectivity index (χ4n) is 3.03. The van der Waals surface area contributed by atoms with Crippen LogP contribution in [0.2, 0.25) is 0 Å². The molecule has 2 N–H and O–H groups in total. The lowest BCUT2D eigenvalue weighted by Gasteiger charge is -2.30. The Morgan fingerprint density at radius 1 is 1.14 bits per heavy atom. The Bertz CT molecular complexity index is 659. The summed E-state index contributed by atoms with van der Waals surface area (Å²) >= 11 is 0. The monoisotopic (exact) mass is 289 g/mol.